The lowest BCUT2D eigenvalue weighted by atomic mass is 10.0. The second-order valence-electron chi connectivity index (χ2n) is 4.69. The number of hydrogen-bond donors (Lipinski definition) is 1. The molecule has 2 rings (SSSR count). The van der Waals surface area contributed by atoms with E-state index in [1.165, 1.54) is 6.92 Å². The molecular weight excluding hydrogens is 304 g/mol. The summed E-state index contributed by atoms with van der Waals surface area (Å²) < 4.78 is 0. The van der Waals surface area contributed by atoms with Gasteiger partial charge in [0.1, 0.15) is 0 Å². The summed E-state index contributed by atoms with van der Waals surface area (Å²) in [6.07, 6.45) is 3.12. The highest BCUT2D eigenvalue weighted by Gasteiger charge is 2.24. The van der Waals surface area contributed by atoms with Gasteiger partial charge in [-0.1, -0.05) is 0 Å². The number of pyridine rings is 1. The zero-order valence-corrected chi connectivity index (χ0v) is 12.1. The molecule has 0 radical (unpaired) electrons. The van der Waals surface area contributed by atoms with Crippen molar-refractivity contribution in [1.82, 2.24) is 10.3 Å². The van der Waals surface area contributed by atoms with Crippen LogP contribution >= 0.6 is 0 Å². The minimum Gasteiger partial charge on any atom is -0.348 e. The molecule has 9 nitrogen and oxygen atoms in total. The molecule has 0 spiro atoms. The Hall–Kier alpha value is -3.36. The fraction of sp³-hybridized carbons (Fsp3) is 0.143. The number of nitrogens with one attached hydrogen (secondary N) is 1. The highest BCUT2D eigenvalue weighted by Crippen LogP contribution is 2.28. The van der Waals surface area contributed by atoms with Gasteiger partial charge in [-0.25, -0.2) is 0 Å². The largest absolute Gasteiger partial charge is 0.348 e. The van der Waals surface area contributed by atoms with Crippen molar-refractivity contribution in [3.05, 3.63) is 73.6 Å². The molecule has 9 heteroatoms. The topological polar surface area (TPSA) is 128 Å². The number of nitro benzene ring substituents is 2. The smallest absolute Gasteiger partial charge is 0.279 e. The van der Waals surface area contributed by atoms with Crippen LogP contribution in [-0.4, -0.2) is 20.7 Å². The molecule has 1 aromatic heterocycles. The van der Waals surface area contributed by atoms with E-state index in [-0.39, 0.29) is 17.7 Å². The zero-order valence-electron chi connectivity index (χ0n) is 12.1. The Kier molecular flexibility index (Phi) is 4.60. The SMILES string of the molecule is Cc1c(C(=O)NCc2ccncc2)cc([N+](=O)[O-])cc1[N+](=O)[O-]. The predicted molar refractivity (Wildman–Crippen MR) is 79.9 cm³/mol. The molecule has 0 aliphatic heterocycles. The first-order chi connectivity index (χ1) is 10.9. The fourth-order valence-electron chi connectivity index (χ4n) is 1.99. The lowest BCUT2D eigenvalue weighted by molar-refractivity contribution is -0.394. The van der Waals surface area contributed by atoms with Gasteiger partial charge in [0, 0.05) is 30.6 Å². The molecule has 118 valence electrons. The van der Waals surface area contributed by atoms with Crippen molar-refractivity contribution >= 4 is 17.3 Å². The summed E-state index contributed by atoms with van der Waals surface area (Å²) in [6, 6.07) is 5.27. The summed E-state index contributed by atoms with van der Waals surface area (Å²) in [7, 11) is 0. The van der Waals surface area contributed by atoms with Gasteiger partial charge in [-0.15, -0.1) is 0 Å². The molecule has 1 N–H and O–H groups in total. The van der Waals surface area contributed by atoms with E-state index in [0.29, 0.717) is 0 Å². The molecule has 0 fully saturated rings. The Morgan fingerprint density at radius 2 is 1.83 bits per heavy atom. The zero-order chi connectivity index (χ0) is 17.0. The quantitative estimate of drug-likeness (QED) is 0.664. The van der Waals surface area contributed by atoms with E-state index in [0.717, 1.165) is 17.7 Å². The summed E-state index contributed by atoms with van der Waals surface area (Å²) in [5.74, 6) is -0.619. The number of carbonyl (C=O) groups is 1. The van der Waals surface area contributed by atoms with Crippen molar-refractivity contribution in [2.45, 2.75) is 13.5 Å². The average Bonchev–Trinajstić information content (AvgIpc) is 2.53. The molecule has 0 aliphatic carbocycles. The third kappa shape index (κ3) is 3.64. The van der Waals surface area contributed by atoms with E-state index in [9.17, 15) is 25.0 Å². The molecule has 0 saturated carbocycles. The van der Waals surface area contributed by atoms with E-state index >= 15 is 0 Å². The number of rotatable bonds is 5. The Balaban J connectivity index is 2.31. The maximum Gasteiger partial charge on any atom is 0.279 e. The fourth-order valence-corrected chi connectivity index (χ4v) is 1.99. The number of nitrogens with zero attached hydrogens (tertiary/aromatic N) is 3. The number of benzene rings is 1. The lowest BCUT2D eigenvalue weighted by Gasteiger charge is -2.08. The van der Waals surface area contributed by atoms with Crippen molar-refractivity contribution in [2.75, 3.05) is 0 Å². The molecule has 1 heterocycles. The molecule has 0 bridgehead atoms. The van der Waals surface area contributed by atoms with Gasteiger partial charge in [-0.3, -0.25) is 30.0 Å². The van der Waals surface area contributed by atoms with Gasteiger partial charge in [0.2, 0.25) is 0 Å². The van der Waals surface area contributed by atoms with Gasteiger partial charge in [-0.2, -0.15) is 0 Å². The molecule has 0 atom stereocenters. The van der Waals surface area contributed by atoms with Crippen LogP contribution in [0.15, 0.2) is 36.7 Å². The van der Waals surface area contributed by atoms with Crippen LogP contribution in [0.5, 0.6) is 0 Å². The van der Waals surface area contributed by atoms with Gasteiger partial charge in [-0.05, 0) is 24.6 Å². The molecule has 2 aromatic rings. The molecule has 1 amide bonds. The highest BCUT2D eigenvalue weighted by atomic mass is 16.6. The maximum atomic E-state index is 12.2. The van der Waals surface area contributed by atoms with E-state index in [2.05, 4.69) is 10.3 Å². The van der Waals surface area contributed by atoms with Crippen molar-refractivity contribution in [3.8, 4) is 0 Å². The molecule has 0 unspecified atom stereocenters. The van der Waals surface area contributed by atoms with Crippen molar-refractivity contribution in [1.29, 1.82) is 0 Å². The average molecular weight is 316 g/mol. The predicted octanol–water partition coefficient (Wildman–Crippen LogP) is 2.14. The van der Waals surface area contributed by atoms with Gasteiger partial charge < -0.3 is 5.32 Å². The number of amides is 1. The molecule has 0 saturated heterocycles. The Morgan fingerprint density at radius 1 is 1.17 bits per heavy atom. The van der Waals surface area contributed by atoms with Gasteiger partial charge in [0.05, 0.1) is 21.5 Å². The second-order valence-corrected chi connectivity index (χ2v) is 4.69. The van der Waals surface area contributed by atoms with Crippen molar-refractivity contribution in [3.63, 3.8) is 0 Å². The van der Waals surface area contributed by atoms with E-state index in [4.69, 9.17) is 0 Å². The molecule has 0 aliphatic rings. The van der Waals surface area contributed by atoms with Crippen molar-refractivity contribution < 1.29 is 14.6 Å². The first-order valence-corrected chi connectivity index (χ1v) is 6.50. The first kappa shape index (κ1) is 16.0. The van der Waals surface area contributed by atoms with E-state index in [1.807, 2.05) is 0 Å². The number of hydrogen-bond acceptors (Lipinski definition) is 6. The minimum absolute atomic E-state index is 0.0767. The van der Waals surface area contributed by atoms with Crippen molar-refractivity contribution in [2.24, 2.45) is 0 Å². The van der Waals surface area contributed by atoms with Crippen LogP contribution in [0, 0.1) is 27.2 Å². The third-order valence-electron chi connectivity index (χ3n) is 3.22. The summed E-state index contributed by atoms with van der Waals surface area (Å²) in [5.41, 5.74) is -0.205. The van der Waals surface area contributed by atoms with Crippen LogP contribution in [-0.2, 0) is 6.54 Å². The number of carbonyl (C=O) groups excluding carboxylic acids is 1. The van der Waals surface area contributed by atoms with Crippen LogP contribution in [0.2, 0.25) is 0 Å². The Bertz CT molecular complexity index is 776. The van der Waals surface area contributed by atoms with E-state index < -0.39 is 27.1 Å². The summed E-state index contributed by atoms with van der Waals surface area (Å²) >= 11 is 0. The Labute approximate surface area is 130 Å². The lowest BCUT2D eigenvalue weighted by Crippen LogP contribution is -2.24. The first-order valence-electron chi connectivity index (χ1n) is 6.50. The number of nitro groups is 2. The van der Waals surface area contributed by atoms with Gasteiger partial charge in [0.15, 0.2) is 0 Å². The third-order valence-corrected chi connectivity index (χ3v) is 3.22. The van der Waals surface area contributed by atoms with Crippen LogP contribution in [0.1, 0.15) is 21.5 Å². The van der Waals surface area contributed by atoms with Crippen LogP contribution in [0.25, 0.3) is 0 Å². The Morgan fingerprint density at radius 3 is 2.39 bits per heavy atom. The summed E-state index contributed by atoms with van der Waals surface area (Å²) in [4.78, 5) is 36.4. The monoisotopic (exact) mass is 316 g/mol. The molecular formula is C14H12N4O5. The summed E-state index contributed by atoms with van der Waals surface area (Å²) in [6.45, 7) is 1.56. The standard InChI is InChI=1S/C14H12N4O5/c1-9-12(6-11(17(20)21)7-13(9)18(22)23)14(19)16-8-10-2-4-15-5-3-10/h2-7H,8H2,1H3,(H,16,19). The van der Waals surface area contributed by atoms with Crippen LogP contribution < -0.4 is 5.32 Å². The van der Waals surface area contributed by atoms with Gasteiger partial charge >= 0.3 is 0 Å². The van der Waals surface area contributed by atoms with Gasteiger partial charge in [0.25, 0.3) is 17.3 Å². The van der Waals surface area contributed by atoms with E-state index in [1.54, 1.807) is 24.5 Å². The van der Waals surface area contributed by atoms with Crippen LogP contribution in [0.3, 0.4) is 0 Å². The molecule has 23 heavy (non-hydrogen) atoms. The number of non-ortho nitro benzene ring substituents is 1. The normalized spacial score (nSPS) is 10.1. The minimum atomic E-state index is -0.772. The number of aromatic nitrogens is 1. The molecule has 1 aromatic carbocycles. The van der Waals surface area contributed by atoms with Crippen LogP contribution in [0.4, 0.5) is 11.4 Å². The summed E-state index contributed by atoms with van der Waals surface area (Å²) in [5, 5.41) is 24.5. The maximum absolute atomic E-state index is 12.2. The second kappa shape index (κ2) is 6.60. The highest BCUT2D eigenvalue weighted by molar-refractivity contribution is 5.97.